The van der Waals surface area contributed by atoms with E-state index in [0.29, 0.717) is 0 Å². The van der Waals surface area contributed by atoms with Crippen LogP contribution in [0.5, 0.6) is 0 Å². The Labute approximate surface area is 106 Å². The average molecular weight is 241 g/mol. The highest BCUT2D eigenvalue weighted by Gasteiger charge is 2.43. The molecule has 1 amide bonds. The Hall–Kier alpha value is -1.97. The van der Waals surface area contributed by atoms with Gasteiger partial charge in [0, 0.05) is 5.70 Å². The van der Waals surface area contributed by atoms with Crippen molar-refractivity contribution in [1.29, 1.82) is 0 Å². The van der Waals surface area contributed by atoms with Crippen LogP contribution in [-0.2, 0) is 4.79 Å². The van der Waals surface area contributed by atoms with Crippen molar-refractivity contribution in [3.8, 4) is 0 Å². The number of anilines is 2. The number of rotatable bonds is 0. The van der Waals surface area contributed by atoms with Gasteiger partial charge in [0.15, 0.2) is 6.29 Å². The minimum absolute atomic E-state index is 0.0305. The van der Waals surface area contributed by atoms with E-state index in [9.17, 15) is 4.79 Å². The van der Waals surface area contributed by atoms with Crippen LogP contribution in [0.15, 0.2) is 36.0 Å². The molecule has 4 rings (SSSR count). The minimum Gasteiger partial charge on any atom is -0.351 e. The van der Waals surface area contributed by atoms with Crippen molar-refractivity contribution in [3.05, 3.63) is 36.0 Å². The van der Waals surface area contributed by atoms with Crippen LogP contribution in [0.4, 0.5) is 11.4 Å². The molecule has 2 unspecified atom stereocenters. The summed E-state index contributed by atoms with van der Waals surface area (Å²) in [5.74, 6) is 0.255. The summed E-state index contributed by atoms with van der Waals surface area (Å²) >= 11 is 0. The maximum Gasteiger partial charge on any atom is 0.239 e. The Morgan fingerprint density at radius 3 is 3.06 bits per heavy atom. The van der Waals surface area contributed by atoms with Gasteiger partial charge < -0.3 is 10.6 Å². The molecule has 2 aliphatic heterocycles. The van der Waals surface area contributed by atoms with Crippen molar-refractivity contribution in [1.82, 2.24) is 5.32 Å². The van der Waals surface area contributed by atoms with Crippen LogP contribution in [0.2, 0.25) is 0 Å². The average Bonchev–Trinajstić information content (AvgIpc) is 2.77. The fourth-order valence-electron chi connectivity index (χ4n) is 3.12. The topological polar surface area (TPSA) is 44.4 Å². The highest BCUT2D eigenvalue weighted by atomic mass is 16.2. The molecule has 3 aliphatic rings. The lowest BCUT2D eigenvalue weighted by atomic mass is 9.89. The summed E-state index contributed by atoms with van der Waals surface area (Å²) in [5, 5.41) is 6.80. The third kappa shape index (κ3) is 1.23. The first-order valence-corrected chi connectivity index (χ1v) is 6.50. The van der Waals surface area contributed by atoms with Gasteiger partial charge in [0.25, 0.3) is 0 Å². The Kier molecular flexibility index (Phi) is 1.95. The van der Waals surface area contributed by atoms with Crippen molar-refractivity contribution >= 4 is 17.3 Å². The summed E-state index contributed by atoms with van der Waals surface area (Å²) < 4.78 is 0. The van der Waals surface area contributed by atoms with E-state index < -0.39 is 0 Å². The molecular formula is C14H15N3O. The van der Waals surface area contributed by atoms with Crippen LogP contribution in [0.25, 0.3) is 0 Å². The summed E-state index contributed by atoms with van der Waals surface area (Å²) in [5.41, 5.74) is 3.13. The zero-order valence-electron chi connectivity index (χ0n) is 10.0. The van der Waals surface area contributed by atoms with Crippen LogP contribution in [-0.4, -0.2) is 12.2 Å². The van der Waals surface area contributed by atoms with Gasteiger partial charge in [0.2, 0.25) is 5.91 Å². The quantitative estimate of drug-likeness (QED) is 0.730. The lowest BCUT2D eigenvalue weighted by molar-refractivity contribution is -0.123. The first-order valence-electron chi connectivity index (χ1n) is 6.50. The van der Waals surface area contributed by atoms with Gasteiger partial charge in [-0.3, -0.25) is 9.69 Å². The molecule has 1 aromatic carbocycles. The van der Waals surface area contributed by atoms with Crippen molar-refractivity contribution in [2.45, 2.75) is 25.6 Å². The molecule has 2 heterocycles. The second-order valence-electron chi connectivity index (χ2n) is 5.06. The molecule has 1 aliphatic carbocycles. The van der Waals surface area contributed by atoms with Gasteiger partial charge in [-0.05, 0) is 31.4 Å². The molecule has 2 N–H and O–H groups in total. The van der Waals surface area contributed by atoms with E-state index in [1.165, 1.54) is 0 Å². The number of para-hydroxylation sites is 2. The molecule has 92 valence electrons. The highest BCUT2D eigenvalue weighted by Crippen LogP contribution is 2.39. The fourth-order valence-corrected chi connectivity index (χ4v) is 3.12. The molecule has 2 atom stereocenters. The zero-order chi connectivity index (χ0) is 12.1. The number of carbonyl (C=O) groups is 1. The number of nitrogens with one attached hydrogen (secondary N) is 2. The molecule has 1 aromatic rings. The number of amides is 1. The van der Waals surface area contributed by atoms with Crippen molar-refractivity contribution in [3.63, 3.8) is 0 Å². The monoisotopic (exact) mass is 241 g/mol. The Morgan fingerprint density at radius 1 is 1.22 bits per heavy atom. The van der Waals surface area contributed by atoms with Gasteiger partial charge in [-0.15, -0.1) is 0 Å². The van der Waals surface area contributed by atoms with Crippen molar-refractivity contribution < 1.29 is 4.79 Å². The molecule has 1 saturated heterocycles. The molecule has 4 heteroatoms. The van der Waals surface area contributed by atoms with E-state index >= 15 is 0 Å². The Bertz CT molecular complexity index is 552. The van der Waals surface area contributed by atoms with E-state index in [-0.39, 0.29) is 18.1 Å². The molecule has 0 bridgehead atoms. The van der Waals surface area contributed by atoms with Gasteiger partial charge in [0.1, 0.15) is 0 Å². The summed E-state index contributed by atoms with van der Waals surface area (Å²) in [6.45, 7) is 0. The Morgan fingerprint density at radius 2 is 2.11 bits per heavy atom. The van der Waals surface area contributed by atoms with Crippen LogP contribution in [0.1, 0.15) is 19.3 Å². The normalized spacial score (nSPS) is 28.6. The van der Waals surface area contributed by atoms with Gasteiger partial charge in [-0.2, -0.15) is 0 Å². The van der Waals surface area contributed by atoms with Crippen molar-refractivity contribution in [2.24, 2.45) is 5.92 Å². The predicted molar refractivity (Wildman–Crippen MR) is 69.9 cm³/mol. The van der Waals surface area contributed by atoms with E-state index in [1.54, 1.807) is 0 Å². The summed E-state index contributed by atoms with van der Waals surface area (Å²) in [6.07, 6.45) is 5.20. The van der Waals surface area contributed by atoms with Crippen molar-refractivity contribution in [2.75, 3.05) is 10.2 Å². The summed E-state index contributed by atoms with van der Waals surface area (Å²) in [7, 11) is 0. The fraction of sp³-hybridized carbons (Fsp3) is 0.357. The molecule has 4 nitrogen and oxygen atoms in total. The molecule has 1 fully saturated rings. The number of benzene rings is 1. The number of hydrogen-bond donors (Lipinski definition) is 2. The number of fused-ring (bicyclic) bond motifs is 4. The van der Waals surface area contributed by atoms with E-state index in [4.69, 9.17) is 0 Å². The van der Waals surface area contributed by atoms with E-state index in [0.717, 1.165) is 36.3 Å². The lowest BCUT2D eigenvalue weighted by Gasteiger charge is -2.39. The predicted octanol–water partition coefficient (Wildman–Crippen LogP) is 2.02. The smallest absolute Gasteiger partial charge is 0.239 e. The van der Waals surface area contributed by atoms with Crippen LogP contribution >= 0.6 is 0 Å². The molecule has 0 aromatic heterocycles. The standard InChI is InChI=1S/C14H15N3O/c18-13-9-5-1-2-6-10(9)15-14-16-11-7-3-4-8-12(11)17(13)14/h3-4,6-9,14-16H,1-2,5H2. The zero-order valence-corrected chi connectivity index (χ0v) is 10.0. The molecule has 0 radical (unpaired) electrons. The van der Waals surface area contributed by atoms with Gasteiger partial charge in [-0.25, -0.2) is 0 Å². The molecule has 0 spiro atoms. The molecule has 0 saturated carbocycles. The third-order valence-electron chi connectivity index (χ3n) is 3.99. The maximum atomic E-state index is 12.6. The first kappa shape index (κ1) is 10.00. The number of nitrogens with zero attached hydrogens (tertiary/aromatic N) is 1. The highest BCUT2D eigenvalue weighted by molar-refractivity contribution is 6.03. The van der Waals surface area contributed by atoms with Crippen LogP contribution < -0.4 is 15.5 Å². The van der Waals surface area contributed by atoms with E-state index in [1.807, 2.05) is 29.2 Å². The van der Waals surface area contributed by atoms with Crippen LogP contribution in [0, 0.1) is 5.92 Å². The second-order valence-corrected chi connectivity index (χ2v) is 5.06. The number of allylic oxidation sites excluding steroid dienone is 1. The van der Waals surface area contributed by atoms with Gasteiger partial charge in [-0.1, -0.05) is 18.2 Å². The second kappa shape index (κ2) is 3.51. The molecular weight excluding hydrogens is 226 g/mol. The van der Waals surface area contributed by atoms with Gasteiger partial charge in [0.05, 0.1) is 17.3 Å². The third-order valence-corrected chi connectivity index (χ3v) is 3.99. The number of hydrogen-bond acceptors (Lipinski definition) is 3. The van der Waals surface area contributed by atoms with Crippen LogP contribution in [0.3, 0.4) is 0 Å². The largest absolute Gasteiger partial charge is 0.351 e. The van der Waals surface area contributed by atoms with E-state index in [2.05, 4.69) is 16.7 Å². The lowest BCUT2D eigenvalue weighted by Crippen LogP contribution is -2.58. The number of carbonyl (C=O) groups excluding carboxylic acids is 1. The molecule has 18 heavy (non-hydrogen) atoms. The summed E-state index contributed by atoms with van der Waals surface area (Å²) in [4.78, 5) is 14.5. The Balaban J connectivity index is 1.78. The minimum atomic E-state index is -0.115. The maximum absolute atomic E-state index is 12.6. The SMILES string of the molecule is O=C1C2CCCC=C2NC2Nc3ccccc3N12. The van der Waals surface area contributed by atoms with Gasteiger partial charge >= 0.3 is 0 Å². The summed E-state index contributed by atoms with van der Waals surface area (Å²) in [6, 6.07) is 7.98. The first-order chi connectivity index (χ1) is 8.84.